The van der Waals surface area contributed by atoms with Crippen LogP contribution in [0, 0.1) is 6.92 Å². The van der Waals surface area contributed by atoms with E-state index in [9.17, 15) is 18.0 Å². The standard InChI is InChI=1S/C17H20O9S/c1-9-4-6-12(7-5-9)27(20,21)26-16-15(24-11(3)19)14(23-10(2)18)13-8-22-17(16)25-13/h4-7,13-17H,8H2,1-3H3. The number of esters is 2. The minimum absolute atomic E-state index is 0.0464. The third-order valence-electron chi connectivity index (χ3n) is 4.17. The summed E-state index contributed by atoms with van der Waals surface area (Å²) in [5.74, 6) is -1.31. The largest absolute Gasteiger partial charge is 0.456 e. The third-order valence-corrected chi connectivity index (χ3v) is 5.49. The predicted molar refractivity (Wildman–Crippen MR) is 89.0 cm³/mol. The van der Waals surface area contributed by atoms with E-state index in [2.05, 4.69) is 0 Å². The molecule has 2 bridgehead atoms. The number of carbonyl (C=O) groups is 2. The summed E-state index contributed by atoms with van der Waals surface area (Å²) >= 11 is 0. The van der Waals surface area contributed by atoms with Crippen molar-refractivity contribution < 1.29 is 41.1 Å². The van der Waals surface area contributed by atoms with Crippen molar-refractivity contribution in [3.63, 3.8) is 0 Å². The van der Waals surface area contributed by atoms with Crippen LogP contribution >= 0.6 is 0 Å². The first-order valence-corrected chi connectivity index (χ1v) is 9.69. The normalized spacial score (nSPS) is 30.0. The molecule has 1 aromatic rings. The highest BCUT2D eigenvalue weighted by atomic mass is 32.2. The number of hydrogen-bond donors (Lipinski definition) is 0. The van der Waals surface area contributed by atoms with Gasteiger partial charge in [-0.05, 0) is 19.1 Å². The van der Waals surface area contributed by atoms with Gasteiger partial charge in [-0.25, -0.2) is 0 Å². The first kappa shape index (κ1) is 19.7. The average molecular weight is 400 g/mol. The molecule has 148 valence electrons. The van der Waals surface area contributed by atoms with E-state index in [0.29, 0.717) is 0 Å². The zero-order valence-corrected chi connectivity index (χ0v) is 15.8. The summed E-state index contributed by atoms with van der Waals surface area (Å²) in [5.41, 5.74) is 0.879. The zero-order chi connectivity index (χ0) is 19.8. The summed E-state index contributed by atoms with van der Waals surface area (Å²) < 4.78 is 52.1. The number of aryl methyl sites for hydroxylation is 1. The molecule has 2 saturated heterocycles. The molecule has 0 N–H and O–H groups in total. The number of benzene rings is 1. The van der Waals surface area contributed by atoms with Crippen LogP contribution in [0.2, 0.25) is 0 Å². The highest BCUT2D eigenvalue weighted by Gasteiger charge is 2.56. The molecule has 2 fully saturated rings. The van der Waals surface area contributed by atoms with Crippen molar-refractivity contribution in [3.05, 3.63) is 29.8 Å². The zero-order valence-electron chi connectivity index (χ0n) is 15.0. The second-order valence-electron chi connectivity index (χ2n) is 6.35. The maximum atomic E-state index is 12.7. The van der Waals surface area contributed by atoms with Crippen molar-refractivity contribution in [3.8, 4) is 0 Å². The smallest absolute Gasteiger partial charge is 0.303 e. The van der Waals surface area contributed by atoms with Gasteiger partial charge in [-0.15, -0.1) is 0 Å². The Morgan fingerprint density at radius 3 is 2.19 bits per heavy atom. The molecule has 5 unspecified atom stereocenters. The molecule has 0 radical (unpaired) electrons. The molecule has 2 aliphatic heterocycles. The molecule has 2 aliphatic rings. The number of fused-ring (bicyclic) bond motifs is 2. The van der Waals surface area contributed by atoms with Gasteiger partial charge in [0.25, 0.3) is 10.1 Å². The minimum atomic E-state index is -4.21. The number of hydrogen-bond acceptors (Lipinski definition) is 9. The van der Waals surface area contributed by atoms with E-state index in [-0.39, 0.29) is 11.5 Å². The van der Waals surface area contributed by atoms with E-state index in [1.54, 1.807) is 12.1 Å². The molecule has 0 spiro atoms. The molecular weight excluding hydrogens is 380 g/mol. The van der Waals surface area contributed by atoms with Crippen LogP contribution in [0.15, 0.2) is 29.2 Å². The maximum Gasteiger partial charge on any atom is 0.303 e. The van der Waals surface area contributed by atoms with Crippen molar-refractivity contribution >= 4 is 22.1 Å². The summed E-state index contributed by atoms with van der Waals surface area (Å²) in [4.78, 5) is 22.9. The van der Waals surface area contributed by atoms with E-state index in [4.69, 9.17) is 23.1 Å². The topological polar surface area (TPSA) is 114 Å². The number of rotatable bonds is 5. The Balaban J connectivity index is 1.91. The van der Waals surface area contributed by atoms with E-state index >= 15 is 0 Å². The van der Waals surface area contributed by atoms with Crippen molar-refractivity contribution in [1.29, 1.82) is 0 Å². The van der Waals surface area contributed by atoms with Crippen molar-refractivity contribution in [2.75, 3.05) is 6.61 Å². The van der Waals surface area contributed by atoms with Gasteiger partial charge >= 0.3 is 11.9 Å². The molecule has 0 aliphatic carbocycles. The summed E-state index contributed by atoms with van der Waals surface area (Å²) in [6.45, 7) is 4.21. The van der Waals surface area contributed by atoms with E-state index in [0.717, 1.165) is 12.5 Å². The van der Waals surface area contributed by atoms with Gasteiger partial charge in [0.05, 0.1) is 11.5 Å². The van der Waals surface area contributed by atoms with Gasteiger partial charge in [0, 0.05) is 13.8 Å². The Hall–Kier alpha value is -2.01. The fraction of sp³-hybridized carbons (Fsp3) is 0.529. The maximum absolute atomic E-state index is 12.7. The van der Waals surface area contributed by atoms with E-state index < -0.39 is 52.8 Å². The second-order valence-corrected chi connectivity index (χ2v) is 7.92. The molecule has 1 aromatic carbocycles. The number of carbonyl (C=O) groups excluding carboxylic acids is 2. The molecule has 27 heavy (non-hydrogen) atoms. The first-order chi connectivity index (χ1) is 12.7. The molecule has 0 saturated carbocycles. The van der Waals surface area contributed by atoms with E-state index in [1.165, 1.54) is 19.1 Å². The molecule has 3 rings (SSSR count). The minimum Gasteiger partial charge on any atom is -0.456 e. The van der Waals surface area contributed by atoms with Crippen LogP contribution in [0.25, 0.3) is 0 Å². The Labute approximate surface area is 156 Å². The fourth-order valence-electron chi connectivity index (χ4n) is 3.01. The summed E-state index contributed by atoms with van der Waals surface area (Å²) in [6.07, 6.45) is -5.35. The van der Waals surface area contributed by atoms with Gasteiger partial charge in [-0.1, -0.05) is 17.7 Å². The number of ether oxygens (including phenoxy) is 4. The SMILES string of the molecule is CC(=O)OC1C2COC(O2)C(OS(=O)(=O)c2ccc(C)cc2)C1OC(C)=O. The lowest BCUT2D eigenvalue weighted by Gasteiger charge is -2.38. The second kappa shape index (κ2) is 7.55. The van der Waals surface area contributed by atoms with Crippen LogP contribution in [0.1, 0.15) is 19.4 Å². The van der Waals surface area contributed by atoms with Gasteiger partial charge in [-0.2, -0.15) is 8.42 Å². The highest BCUT2D eigenvalue weighted by molar-refractivity contribution is 7.86. The van der Waals surface area contributed by atoms with Crippen LogP contribution in [0.5, 0.6) is 0 Å². The average Bonchev–Trinajstić information content (AvgIpc) is 3.01. The molecule has 0 amide bonds. The van der Waals surface area contributed by atoms with Gasteiger partial charge in [0.2, 0.25) is 0 Å². The Morgan fingerprint density at radius 2 is 1.59 bits per heavy atom. The Kier molecular flexibility index (Phi) is 5.52. The van der Waals surface area contributed by atoms with Crippen molar-refractivity contribution in [1.82, 2.24) is 0 Å². The summed E-state index contributed by atoms with van der Waals surface area (Å²) in [6, 6.07) is 6.05. The van der Waals surface area contributed by atoms with Gasteiger partial charge in [0.15, 0.2) is 24.6 Å². The Bertz CT molecular complexity index is 817. The van der Waals surface area contributed by atoms with Gasteiger partial charge < -0.3 is 18.9 Å². The Morgan fingerprint density at radius 1 is 1.00 bits per heavy atom. The van der Waals surface area contributed by atoms with E-state index in [1.807, 2.05) is 6.92 Å². The molecule has 5 atom stereocenters. The summed E-state index contributed by atoms with van der Waals surface area (Å²) in [5, 5.41) is 0. The van der Waals surface area contributed by atoms with Crippen LogP contribution in [0.4, 0.5) is 0 Å². The fourth-order valence-corrected chi connectivity index (χ4v) is 4.08. The molecule has 0 aromatic heterocycles. The first-order valence-electron chi connectivity index (χ1n) is 8.29. The van der Waals surface area contributed by atoms with Crippen molar-refractivity contribution in [2.24, 2.45) is 0 Å². The lowest BCUT2D eigenvalue weighted by molar-refractivity contribution is -0.236. The molecular formula is C17H20O9S. The van der Waals surface area contributed by atoms with Crippen LogP contribution < -0.4 is 0 Å². The molecule has 9 nitrogen and oxygen atoms in total. The lowest BCUT2D eigenvalue weighted by Crippen LogP contribution is -2.58. The van der Waals surface area contributed by atoms with Crippen LogP contribution in [-0.4, -0.2) is 57.7 Å². The van der Waals surface area contributed by atoms with Crippen molar-refractivity contribution in [2.45, 2.75) is 56.4 Å². The molecule has 2 heterocycles. The lowest BCUT2D eigenvalue weighted by atomic mass is 10.0. The third kappa shape index (κ3) is 4.29. The quantitative estimate of drug-likeness (QED) is 0.520. The molecule has 10 heteroatoms. The van der Waals surface area contributed by atoms with Gasteiger partial charge in [-0.3, -0.25) is 13.8 Å². The predicted octanol–water partition coefficient (Wildman–Crippen LogP) is 0.687. The highest BCUT2D eigenvalue weighted by Crippen LogP contribution is 2.35. The monoisotopic (exact) mass is 400 g/mol. The van der Waals surface area contributed by atoms with Crippen LogP contribution in [0.3, 0.4) is 0 Å². The summed E-state index contributed by atoms with van der Waals surface area (Å²) in [7, 11) is -4.21. The van der Waals surface area contributed by atoms with Gasteiger partial charge in [0.1, 0.15) is 6.10 Å². The van der Waals surface area contributed by atoms with Crippen LogP contribution in [-0.2, 0) is 42.8 Å².